The van der Waals surface area contributed by atoms with Crippen molar-refractivity contribution in [3.63, 3.8) is 0 Å². The molecular weight excluding hydrogens is 458 g/mol. The molecule has 0 spiro atoms. The third-order valence-electron chi connectivity index (χ3n) is 7.98. The summed E-state index contributed by atoms with van der Waals surface area (Å²) in [5.41, 5.74) is 7.27. The minimum atomic E-state index is -0.891. The van der Waals surface area contributed by atoms with Crippen molar-refractivity contribution in [3.05, 3.63) is 48.0 Å². The number of carboxylic acids is 1. The third-order valence-corrected chi connectivity index (χ3v) is 7.98. The molecule has 0 saturated carbocycles. The lowest BCUT2D eigenvalue weighted by Gasteiger charge is -2.34. The highest BCUT2D eigenvalue weighted by Gasteiger charge is 2.37. The van der Waals surface area contributed by atoms with Crippen molar-refractivity contribution in [1.82, 2.24) is 0 Å². The molecule has 0 bridgehead atoms. The van der Waals surface area contributed by atoms with Crippen molar-refractivity contribution < 1.29 is 15.0 Å². The molecule has 0 heterocycles. The molecule has 37 heavy (non-hydrogen) atoms. The summed E-state index contributed by atoms with van der Waals surface area (Å²) in [7, 11) is 0. The monoisotopic (exact) mass is 515 g/mol. The maximum Gasteiger partial charge on any atom is 0.309 e. The van der Waals surface area contributed by atoms with Crippen LogP contribution in [0.3, 0.4) is 0 Å². The summed E-state index contributed by atoms with van der Waals surface area (Å²) in [4.78, 5) is 12.3. The maximum absolute atomic E-state index is 12.3. The van der Waals surface area contributed by atoms with Crippen LogP contribution in [0, 0.1) is 29.6 Å². The van der Waals surface area contributed by atoms with E-state index in [1.54, 1.807) is 6.92 Å². The molecule has 0 radical (unpaired) electrons. The Morgan fingerprint density at radius 2 is 1.62 bits per heavy atom. The number of aliphatic carboxylic acids is 1. The Balaban J connectivity index is 2.94. The molecule has 1 aromatic carbocycles. The van der Waals surface area contributed by atoms with Crippen LogP contribution in [0.2, 0.25) is 0 Å². The number of nitrogens with two attached hydrogens (primary N) is 1. The number of rotatable bonds is 22. The first kappa shape index (κ1) is 33.4. The van der Waals surface area contributed by atoms with Gasteiger partial charge < -0.3 is 15.9 Å². The molecule has 4 nitrogen and oxygen atoms in total. The molecule has 0 amide bonds. The lowest BCUT2D eigenvalue weighted by molar-refractivity contribution is -0.149. The van der Waals surface area contributed by atoms with E-state index >= 15 is 0 Å². The number of carbonyl (C=O) groups is 1. The molecule has 0 saturated heterocycles. The number of hydrogen-bond donors (Lipinski definition) is 3. The van der Waals surface area contributed by atoms with E-state index in [0.717, 1.165) is 38.5 Å². The average molecular weight is 516 g/mol. The topological polar surface area (TPSA) is 83.6 Å². The number of unbranched alkanes of at least 4 members (excludes halogenated alkanes) is 4. The molecule has 5 unspecified atom stereocenters. The molecule has 1 rings (SSSR count). The molecule has 0 fully saturated rings. The van der Waals surface area contributed by atoms with Crippen LogP contribution in [0.5, 0.6) is 0 Å². The summed E-state index contributed by atoms with van der Waals surface area (Å²) in [6.07, 6.45) is 18.2. The van der Waals surface area contributed by atoms with E-state index in [4.69, 9.17) is 5.73 Å². The van der Waals surface area contributed by atoms with E-state index < -0.39 is 18.0 Å². The standard InChI is InChI=1S/C33H57NO3/c1-5-6-7-8-9-10-12-17-29(19-18-26(2)3)20-22-30(24-25-34)31(32(27(4)35)33(36)37)23-21-28-15-13-11-14-16-28/h10-16,26-27,29-32,35H,5-9,17-25,34H2,1-4H3,(H,36,37). The van der Waals surface area contributed by atoms with Crippen LogP contribution in [0.15, 0.2) is 42.5 Å². The minimum Gasteiger partial charge on any atom is -0.481 e. The summed E-state index contributed by atoms with van der Waals surface area (Å²) in [5.74, 6) is -0.260. The number of carboxylic acid groups (broad SMARTS) is 1. The van der Waals surface area contributed by atoms with Gasteiger partial charge in [-0.2, -0.15) is 0 Å². The lowest BCUT2D eigenvalue weighted by atomic mass is 9.71. The first-order valence-electron chi connectivity index (χ1n) is 15.1. The fourth-order valence-electron chi connectivity index (χ4n) is 5.71. The van der Waals surface area contributed by atoms with Crippen molar-refractivity contribution in [2.24, 2.45) is 35.3 Å². The van der Waals surface area contributed by atoms with Crippen LogP contribution in [-0.2, 0) is 11.2 Å². The van der Waals surface area contributed by atoms with Crippen molar-refractivity contribution in [1.29, 1.82) is 0 Å². The molecule has 5 atom stereocenters. The Morgan fingerprint density at radius 1 is 0.919 bits per heavy atom. The van der Waals surface area contributed by atoms with E-state index in [2.05, 4.69) is 45.1 Å². The van der Waals surface area contributed by atoms with E-state index in [1.165, 1.54) is 50.5 Å². The van der Waals surface area contributed by atoms with E-state index in [1.807, 2.05) is 18.2 Å². The molecule has 1 aromatic rings. The zero-order valence-electron chi connectivity index (χ0n) is 24.3. The number of aliphatic hydroxyl groups excluding tert-OH is 1. The van der Waals surface area contributed by atoms with Gasteiger partial charge in [0.05, 0.1) is 12.0 Å². The number of aliphatic hydroxyl groups is 1. The first-order valence-corrected chi connectivity index (χ1v) is 15.1. The fraction of sp³-hybridized carbons (Fsp3) is 0.727. The predicted octanol–water partition coefficient (Wildman–Crippen LogP) is 8.03. The van der Waals surface area contributed by atoms with Gasteiger partial charge in [0.2, 0.25) is 0 Å². The minimum absolute atomic E-state index is 0.0962. The van der Waals surface area contributed by atoms with Gasteiger partial charge in [0.1, 0.15) is 0 Å². The number of aryl methyl sites for hydroxylation is 1. The second-order valence-corrected chi connectivity index (χ2v) is 11.6. The molecule has 0 aromatic heterocycles. The summed E-state index contributed by atoms with van der Waals surface area (Å²) < 4.78 is 0. The molecule has 212 valence electrons. The molecule has 4 N–H and O–H groups in total. The van der Waals surface area contributed by atoms with Crippen molar-refractivity contribution in [3.8, 4) is 0 Å². The molecule has 0 aliphatic carbocycles. The van der Waals surface area contributed by atoms with Gasteiger partial charge in [0.25, 0.3) is 0 Å². The van der Waals surface area contributed by atoms with Gasteiger partial charge in [-0.1, -0.05) is 88.9 Å². The average Bonchev–Trinajstić information content (AvgIpc) is 2.86. The molecule has 4 heteroatoms. The van der Waals surface area contributed by atoms with Gasteiger partial charge in [0.15, 0.2) is 0 Å². The Morgan fingerprint density at radius 3 is 2.22 bits per heavy atom. The normalized spacial score (nSPS) is 16.1. The van der Waals surface area contributed by atoms with Gasteiger partial charge >= 0.3 is 5.97 Å². The van der Waals surface area contributed by atoms with Crippen LogP contribution >= 0.6 is 0 Å². The highest BCUT2D eigenvalue weighted by molar-refractivity contribution is 5.71. The second-order valence-electron chi connectivity index (χ2n) is 11.6. The number of allylic oxidation sites excluding steroid dienone is 2. The highest BCUT2D eigenvalue weighted by Crippen LogP contribution is 2.36. The van der Waals surface area contributed by atoms with Gasteiger partial charge in [-0.3, -0.25) is 4.79 Å². The van der Waals surface area contributed by atoms with Crippen molar-refractivity contribution in [2.45, 2.75) is 117 Å². The van der Waals surface area contributed by atoms with Crippen LogP contribution < -0.4 is 5.73 Å². The summed E-state index contributed by atoms with van der Waals surface area (Å²) in [6, 6.07) is 10.3. The largest absolute Gasteiger partial charge is 0.481 e. The maximum atomic E-state index is 12.3. The van der Waals surface area contributed by atoms with Gasteiger partial charge in [-0.05, 0) is 100 Å². The summed E-state index contributed by atoms with van der Waals surface area (Å²) >= 11 is 0. The number of hydrogen-bond acceptors (Lipinski definition) is 3. The molecule has 0 aliphatic heterocycles. The van der Waals surface area contributed by atoms with Crippen molar-refractivity contribution in [2.75, 3.05) is 6.54 Å². The van der Waals surface area contributed by atoms with Crippen LogP contribution in [0.25, 0.3) is 0 Å². The lowest BCUT2D eigenvalue weighted by Crippen LogP contribution is -2.38. The number of benzene rings is 1. The van der Waals surface area contributed by atoms with Gasteiger partial charge in [-0.15, -0.1) is 0 Å². The molecule has 0 aliphatic rings. The van der Waals surface area contributed by atoms with Crippen LogP contribution in [-0.4, -0.2) is 28.8 Å². The Hall–Kier alpha value is -1.65. The Labute approximate surface area is 228 Å². The van der Waals surface area contributed by atoms with Crippen LogP contribution in [0.4, 0.5) is 0 Å². The smallest absolute Gasteiger partial charge is 0.309 e. The Bertz CT molecular complexity index is 716. The van der Waals surface area contributed by atoms with Crippen LogP contribution in [0.1, 0.15) is 110 Å². The Kier molecular flexibility index (Phi) is 18.3. The third kappa shape index (κ3) is 14.8. The van der Waals surface area contributed by atoms with Gasteiger partial charge in [-0.25, -0.2) is 0 Å². The quantitative estimate of drug-likeness (QED) is 0.108. The zero-order valence-corrected chi connectivity index (χ0v) is 24.3. The second kappa shape index (κ2) is 20.3. The first-order chi connectivity index (χ1) is 17.8. The van der Waals surface area contributed by atoms with Crippen molar-refractivity contribution >= 4 is 5.97 Å². The SMILES string of the molecule is CCCCCCC=CCC(CCC(C)C)CCC(CCN)C(CCc1ccccc1)C(C(=O)O)C(C)O. The highest BCUT2D eigenvalue weighted by atomic mass is 16.4. The van der Waals surface area contributed by atoms with E-state index in [-0.39, 0.29) is 11.8 Å². The fourth-order valence-corrected chi connectivity index (χ4v) is 5.71. The zero-order chi connectivity index (χ0) is 27.5. The van der Waals surface area contributed by atoms with E-state index in [9.17, 15) is 15.0 Å². The predicted molar refractivity (Wildman–Crippen MR) is 158 cm³/mol. The summed E-state index contributed by atoms with van der Waals surface area (Å²) in [5, 5.41) is 20.6. The van der Waals surface area contributed by atoms with Gasteiger partial charge in [0, 0.05) is 0 Å². The molecular formula is C33H57NO3. The van der Waals surface area contributed by atoms with E-state index in [0.29, 0.717) is 18.4 Å². The summed E-state index contributed by atoms with van der Waals surface area (Å²) in [6.45, 7) is 9.01.